The van der Waals surface area contributed by atoms with Gasteiger partial charge in [0.1, 0.15) is 0 Å². The smallest absolute Gasteiger partial charge is 0.222 e. The fourth-order valence-corrected chi connectivity index (χ4v) is 1.75. The van der Waals surface area contributed by atoms with Gasteiger partial charge in [0.2, 0.25) is 5.91 Å². The molecule has 4 N–H and O–H groups in total. The first kappa shape index (κ1) is 11.5. The molecule has 1 fully saturated rings. The first-order valence-electron chi connectivity index (χ1n) is 5.40. The molecule has 4 nitrogen and oxygen atoms in total. The zero-order valence-corrected chi connectivity index (χ0v) is 8.91. The molecule has 0 radical (unpaired) electrons. The summed E-state index contributed by atoms with van der Waals surface area (Å²) in [6, 6.07) is 0.222. The van der Waals surface area contributed by atoms with E-state index in [4.69, 9.17) is 11.5 Å². The van der Waals surface area contributed by atoms with Gasteiger partial charge < -0.3 is 16.4 Å². The van der Waals surface area contributed by atoms with Gasteiger partial charge >= 0.3 is 0 Å². The van der Waals surface area contributed by atoms with Crippen LogP contribution in [0.4, 0.5) is 0 Å². The molecule has 1 heterocycles. The standard InChI is InChI=1S/C10H21N3O/c1-2-9(12)3-4-13-7-8(6-11)5-10(13)14/h8-9H,2-7,11-12H2,1H3. The van der Waals surface area contributed by atoms with Crippen molar-refractivity contribution in [2.45, 2.75) is 32.2 Å². The third-order valence-corrected chi connectivity index (χ3v) is 2.92. The Labute approximate surface area is 85.6 Å². The lowest BCUT2D eigenvalue weighted by molar-refractivity contribution is -0.127. The summed E-state index contributed by atoms with van der Waals surface area (Å²) in [7, 11) is 0. The SMILES string of the molecule is CCC(N)CCN1CC(CN)CC1=O. The van der Waals surface area contributed by atoms with E-state index in [0.717, 1.165) is 25.9 Å². The maximum atomic E-state index is 11.5. The number of nitrogens with zero attached hydrogens (tertiary/aromatic N) is 1. The zero-order valence-electron chi connectivity index (χ0n) is 8.91. The van der Waals surface area contributed by atoms with E-state index in [1.807, 2.05) is 4.90 Å². The molecule has 1 rings (SSSR count). The maximum Gasteiger partial charge on any atom is 0.222 e. The first-order chi connectivity index (χ1) is 6.67. The molecule has 0 aliphatic carbocycles. The third kappa shape index (κ3) is 2.96. The van der Waals surface area contributed by atoms with Crippen LogP contribution < -0.4 is 11.5 Å². The summed E-state index contributed by atoms with van der Waals surface area (Å²) in [4.78, 5) is 13.4. The van der Waals surface area contributed by atoms with E-state index in [9.17, 15) is 4.79 Å². The van der Waals surface area contributed by atoms with E-state index in [0.29, 0.717) is 18.9 Å². The predicted molar refractivity (Wildman–Crippen MR) is 56.6 cm³/mol. The molecule has 14 heavy (non-hydrogen) atoms. The van der Waals surface area contributed by atoms with Gasteiger partial charge in [0.15, 0.2) is 0 Å². The van der Waals surface area contributed by atoms with Gasteiger partial charge in [-0.2, -0.15) is 0 Å². The number of nitrogens with two attached hydrogens (primary N) is 2. The van der Waals surface area contributed by atoms with Gasteiger partial charge in [-0.15, -0.1) is 0 Å². The van der Waals surface area contributed by atoms with Crippen LogP contribution in [0.2, 0.25) is 0 Å². The minimum atomic E-state index is 0.222. The van der Waals surface area contributed by atoms with Crippen molar-refractivity contribution in [2.24, 2.45) is 17.4 Å². The minimum Gasteiger partial charge on any atom is -0.342 e. The minimum absolute atomic E-state index is 0.222. The van der Waals surface area contributed by atoms with Crippen molar-refractivity contribution >= 4 is 5.91 Å². The highest BCUT2D eigenvalue weighted by Gasteiger charge is 2.28. The van der Waals surface area contributed by atoms with Crippen LogP contribution >= 0.6 is 0 Å². The van der Waals surface area contributed by atoms with Crippen LogP contribution in [-0.4, -0.2) is 36.5 Å². The van der Waals surface area contributed by atoms with Crippen LogP contribution in [0, 0.1) is 5.92 Å². The topological polar surface area (TPSA) is 72.3 Å². The van der Waals surface area contributed by atoms with Gasteiger partial charge in [0, 0.05) is 25.6 Å². The van der Waals surface area contributed by atoms with E-state index in [1.54, 1.807) is 0 Å². The molecule has 0 aromatic carbocycles. The number of carbonyl (C=O) groups excluding carboxylic acids is 1. The molecule has 1 saturated heterocycles. The summed E-state index contributed by atoms with van der Waals surface area (Å²) in [5.74, 6) is 0.601. The maximum absolute atomic E-state index is 11.5. The Hall–Kier alpha value is -0.610. The molecule has 0 spiro atoms. The van der Waals surface area contributed by atoms with E-state index in [2.05, 4.69) is 6.92 Å². The fraction of sp³-hybridized carbons (Fsp3) is 0.900. The van der Waals surface area contributed by atoms with Crippen molar-refractivity contribution in [1.82, 2.24) is 4.90 Å². The lowest BCUT2D eigenvalue weighted by Crippen LogP contribution is -2.31. The number of likely N-dealkylation sites (tertiary alicyclic amines) is 1. The highest BCUT2D eigenvalue weighted by Crippen LogP contribution is 2.16. The molecule has 1 aliphatic heterocycles. The lowest BCUT2D eigenvalue weighted by atomic mass is 10.1. The second-order valence-corrected chi connectivity index (χ2v) is 4.10. The average molecular weight is 199 g/mol. The summed E-state index contributed by atoms with van der Waals surface area (Å²) < 4.78 is 0. The van der Waals surface area contributed by atoms with Crippen LogP contribution in [0.25, 0.3) is 0 Å². The quantitative estimate of drug-likeness (QED) is 0.650. The third-order valence-electron chi connectivity index (χ3n) is 2.92. The van der Waals surface area contributed by atoms with E-state index in [-0.39, 0.29) is 11.9 Å². The summed E-state index contributed by atoms with van der Waals surface area (Å²) >= 11 is 0. The second-order valence-electron chi connectivity index (χ2n) is 4.10. The van der Waals surface area contributed by atoms with Crippen molar-refractivity contribution in [2.75, 3.05) is 19.6 Å². The summed E-state index contributed by atoms with van der Waals surface area (Å²) in [6.45, 7) is 4.30. The lowest BCUT2D eigenvalue weighted by Gasteiger charge is -2.18. The van der Waals surface area contributed by atoms with E-state index >= 15 is 0 Å². The molecule has 1 aliphatic rings. The molecular formula is C10H21N3O. The largest absolute Gasteiger partial charge is 0.342 e. The second kappa shape index (κ2) is 5.32. The van der Waals surface area contributed by atoms with Gasteiger partial charge in [-0.1, -0.05) is 6.92 Å². The van der Waals surface area contributed by atoms with Crippen molar-refractivity contribution in [3.05, 3.63) is 0 Å². The van der Waals surface area contributed by atoms with Crippen LogP contribution in [0.5, 0.6) is 0 Å². The zero-order chi connectivity index (χ0) is 10.6. The fourth-order valence-electron chi connectivity index (χ4n) is 1.75. The normalized spacial score (nSPS) is 24.4. The molecule has 0 saturated carbocycles. The molecule has 2 unspecified atom stereocenters. The van der Waals surface area contributed by atoms with Gasteiger partial charge in [-0.05, 0) is 25.3 Å². The highest BCUT2D eigenvalue weighted by molar-refractivity contribution is 5.78. The molecular weight excluding hydrogens is 178 g/mol. The molecule has 2 atom stereocenters. The van der Waals surface area contributed by atoms with Gasteiger partial charge in [0.05, 0.1) is 0 Å². The highest BCUT2D eigenvalue weighted by atomic mass is 16.2. The first-order valence-corrected chi connectivity index (χ1v) is 5.40. The monoisotopic (exact) mass is 199 g/mol. The molecule has 0 bridgehead atoms. The molecule has 82 valence electrons. The number of amides is 1. The summed E-state index contributed by atoms with van der Waals surface area (Å²) in [6.07, 6.45) is 2.50. The van der Waals surface area contributed by atoms with E-state index < -0.39 is 0 Å². The summed E-state index contributed by atoms with van der Waals surface area (Å²) in [5, 5.41) is 0. The van der Waals surface area contributed by atoms with Crippen molar-refractivity contribution < 1.29 is 4.79 Å². The van der Waals surface area contributed by atoms with Crippen LogP contribution in [-0.2, 0) is 4.79 Å². The van der Waals surface area contributed by atoms with Crippen molar-refractivity contribution in [3.8, 4) is 0 Å². The Bertz CT molecular complexity index is 196. The average Bonchev–Trinajstić information content (AvgIpc) is 2.55. The number of rotatable bonds is 5. The Kier molecular flexibility index (Phi) is 4.35. The number of hydrogen-bond donors (Lipinski definition) is 2. The van der Waals surface area contributed by atoms with Crippen molar-refractivity contribution in [1.29, 1.82) is 0 Å². The Morgan fingerprint density at radius 2 is 2.36 bits per heavy atom. The molecule has 0 aromatic rings. The van der Waals surface area contributed by atoms with E-state index in [1.165, 1.54) is 0 Å². The van der Waals surface area contributed by atoms with Gasteiger partial charge in [0.25, 0.3) is 0 Å². The predicted octanol–water partition coefficient (Wildman–Crippen LogP) is -0.0790. The summed E-state index contributed by atoms with van der Waals surface area (Å²) in [5.41, 5.74) is 11.3. The van der Waals surface area contributed by atoms with Crippen molar-refractivity contribution in [3.63, 3.8) is 0 Å². The van der Waals surface area contributed by atoms with Crippen LogP contribution in [0.15, 0.2) is 0 Å². The molecule has 4 heteroatoms. The molecule has 0 aromatic heterocycles. The van der Waals surface area contributed by atoms with Crippen LogP contribution in [0.3, 0.4) is 0 Å². The number of hydrogen-bond acceptors (Lipinski definition) is 3. The number of carbonyl (C=O) groups is 1. The Morgan fingerprint density at radius 1 is 1.64 bits per heavy atom. The Balaban J connectivity index is 2.28. The van der Waals surface area contributed by atoms with Crippen LogP contribution in [0.1, 0.15) is 26.2 Å². The Morgan fingerprint density at radius 3 is 2.86 bits per heavy atom. The molecule has 1 amide bonds. The van der Waals surface area contributed by atoms with Gasteiger partial charge in [-0.3, -0.25) is 4.79 Å². The van der Waals surface area contributed by atoms with Gasteiger partial charge in [-0.25, -0.2) is 0 Å².